The highest BCUT2D eigenvalue weighted by molar-refractivity contribution is 7.13. The molecule has 1 aromatic heterocycles. The van der Waals surface area contributed by atoms with Crippen molar-refractivity contribution in [3.63, 3.8) is 0 Å². The number of likely N-dealkylation sites (tertiary alicyclic amines) is 1. The van der Waals surface area contributed by atoms with Gasteiger partial charge in [-0.05, 0) is 37.6 Å². The van der Waals surface area contributed by atoms with Crippen LogP contribution in [0.5, 0.6) is 11.5 Å². The number of nitrogens with zero attached hydrogens (tertiary/aromatic N) is 2. The predicted molar refractivity (Wildman–Crippen MR) is 88.8 cm³/mol. The zero-order valence-electron chi connectivity index (χ0n) is 12.9. The minimum Gasteiger partial charge on any atom is -0.454 e. The number of hydrogen-bond acceptors (Lipinski definition) is 6. The molecule has 1 atom stereocenters. The maximum Gasteiger partial charge on any atom is 0.231 e. The summed E-state index contributed by atoms with van der Waals surface area (Å²) < 4.78 is 10.8. The van der Waals surface area contributed by atoms with E-state index in [9.17, 15) is 5.11 Å². The van der Waals surface area contributed by atoms with Crippen molar-refractivity contribution < 1.29 is 14.6 Å². The van der Waals surface area contributed by atoms with Gasteiger partial charge in [-0.1, -0.05) is 6.42 Å². The summed E-state index contributed by atoms with van der Waals surface area (Å²) in [6.45, 7) is 2.38. The van der Waals surface area contributed by atoms with Crippen LogP contribution in [0.3, 0.4) is 0 Å². The SMILES string of the molecule is OCC1CCCCN1Cc1csc(-c2ccc3c(c2)OCO3)n1. The van der Waals surface area contributed by atoms with E-state index in [2.05, 4.69) is 10.3 Å². The first kappa shape index (κ1) is 14.9. The fraction of sp³-hybridized carbons (Fsp3) is 0.471. The lowest BCUT2D eigenvalue weighted by atomic mass is 10.0. The molecule has 0 bridgehead atoms. The van der Waals surface area contributed by atoms with Crippen molar-refractivity contribution in [2.75, 3.05) is 19.9 Å². The molecular weight excluding hydrogens is 312 g/mol. The van der Waals surface area contributed by atoms with Crippen LogP contribution in [-0.4, -0.2) is 41.0 Å². The third-order valence-electron chi connectivity index (χ3n) is 4.50. The Labute approximate surface area is 139 Å². The van der Waals surface area contributed by atoms with E-state index in [0.717, 1.165) is 47.3 Å². The van der Waals surface area contributed by atoms with Crippen LogP contribution in [0.25, 0.3) is 10.6 Å². The molecule has 2 aliphatic rings. The predicted octanol–water partition coefficient (Wildman–Crippen LogP) is 2.89. The number of ether oxygens (including phenoxy) is 2. The minimum atomic E-state index is 0.235. The molecule has 0 aliphatic carbocycles. The van der Waals surface area contributed by atoms with Gasteiger partial charge in [-0.15, -0.1) is 11.3 Å². The number of fused-ring (bicyclic) bond motifs is 1. The molecule has 0 amide bonds. The van der Waals surface area contributed by atoms with Gasteiger partial charge in [-0.25, -0.2) is 4.98 Å². The molecule has 23 heavy (non-hydrogen) atoms. The van der Waals surface area contributed by atoms with E-state index in [4.69, 9.17) is 14.5 Å². The van der Waals surface area contributed by atoms with Crippen LogP contribution < -0.4 is 9.47 Å². The Morgan fingerprint density at radius 1 is 1.26 bits per heavy atom. The number of aromatic nitrogens is 1. The van der Waals surface area contributed by atoms with E-state index in [0.29, 0.717) is 6.79 Å². The van der Waals surface area contributed by atoms with Crippen LogP contribution in [0.1, 0.15) is 25.0 Å². The van der Waals surface area contributed by atoms with Crippen LogP contribution in [0.15, 0.2) is 23.6 Å². The second-order valence-electron chi connectivity index (χ2n) is 6.01. The molecule has 4 rings (SSSR count). The monoisotopic (exact) mass is 332 g/mol. The third kappa shape index (κ3) is 3.06. The highest BCUT2D eigenvalue weighted by Crippen LogP contribution is 2.36. The smallest absolute Gasteiger partial charge is 0.231 e. The molecule has 6 heteroatoms. The van der Waals surface area contributed by atoms with Gasteiger partial charge in [0.15, 0.2) is 11.5 Å². The molecule has 2 aliphatic heterocycles. The molecule has 1 fully saturated rings. The summed E-state index contributed by atoms with van der Waals surface area (Å²) in [6.07, 6.45) is 3.49. The van der Waals surface area contributed by atoms with E-state index in [-0.39, 0.29) is 12.6 Å². The van der Waals surface area contributed by atoms with Crippen LogP contribution in [0.2, 0.25) is 0 Å². The van der Waals surface area contributed by atoms with Crippen LogP contribution in [0.4, 0.5) is 0 Å². The number of hydrogen-bond donors (Lipinski definition) is 1. The molecule has 1 aromatic carbocycles. The lowest BCUT2D eigenvalue weighted by molar-refractivity contribution is 0.0832. The van der Waals surface area contributed by atoms with Crippen LogP contribution >= 0.6 is 11.3 Å². The molecule has 0 radical (unpaired) electrons. The van der Waals surface area contributed by atoms with Gasteiger partial charge in [-0.2, -0.15) is 0 Å². The average Bonchev–Trinajstić information content (AvgIpc) is 3.23. The lowest BCUT2D eigenvalue weighted by Gasteiger charge is -2.33. The topological polar surface area (TPSA) is 54.8 Å². The quantitative estimate of drug-likeness (QED) is 0.933. The Morgan fingerprint density at radius 2 is 2.17 bits per heavy atom. The number of rotatable bonds is 4. The fourth-order valence-electron chi connectivity index (χ4n) is 3.22. The first-order valence-electron chi connectivity index (χ1n) is 8.03. The van der Waals surface area contributed by atoms with E-state index >= 15 is 0 Å². The molecule has 1 saturated heterocycles. The van der Waals surface area contributed by atoms with Gasteiger partial charge < -0.3 is 14.6 Å². The highest BCUT2D eigenvalue weighted by Gasteiger charge is 2.22. The van der Waals surface area contributed by atoms with Crippen molar-refractivity contribution in [3.05, 3.63) is 29.3 Å². The van der Waals surface area contributed by atoms with Crippen LogP contribution in [-0.2, 0) is 6.54 Å². The maximum atomic E-state index is 9.53. The van der Waals surface area contributed by atoms with Crippen molar-refractivity contribution in [2.24, 2.45) is 0 Å². The number of benzene rings is 1. The Bertz CT molecular complexity index is 688. The summed E-state index contributed by atoms with van der Waals surface area (Å²) in [5, 5.41) is 12.6. The van der Waals surface area contributed by atoms with Gasteiger partial charge in [0.2, 0.25) is 6.79 Å². The van der Waals surface area contributed by atoms with Crippen molar-refractivity contribution >= 4 is 11.3 Å². The minimum absolute atomic E-state index is 0.235. The molecule has 1 N–H and O–H groups in total. The fourth-order valence-corrected chi connectivity index (χ4v) is 4.03. The molecule has 122 valence electrons. The van der Waals surface area contributed by atoms with Crippen molar-refractivity contribution in [1.82, 2.24) is 9.88 Å². The maximum absolute atomic E-state index is 9.53. The van der Waals surface area contributed by atoms with Gasteiger partial charge in [0, 0.05) is 23.5 Å². The van der Waals surface area contributed by atoms with Gasteiger partial charge >= 0.3 is 0 Å². The Kier molecular flexibility index (Phi) is 4.20. The first-order valence-corrected chi connectivity index (χ1v) is 8.91. The van der Waals surface area contributed by atoms with Gasteiger partial charge in [-0.3, -0.25) is 4.90 Å². The Morgan fingerprint density at radius 3 is 3.09 bits per heavy atom. The summed E-state index contributed by atoms with van der Waals surface area (Å²) >= 11 is 1.65. The van der Waals surface area contributed by atoms with E-state index in [1.54, 1.807) is 11.3 Å². The summed E-state index contributed by atoms with van der Waals surface area (Å²) in [5.74, 6) is 1.58. The second kappa shape index (κ2) is 6.47. The molecule has 0 spiro atoms. The summed E-state index contributed by atoms with van der Waals surface area (Å²) in [4.78, 5) is 7.12. The summed E-state index contributed by atoms with van der Waals surface area (Å²) in [6, 6.07) is 6.22. The average molecular weight is 332 g/mol. The molecule has 2 aromatic rings. The van der Waals surface area contributed by atoms with Gasteiger partial charge in [0.05, 0.1) is 12.3 Å². The van der Waals surface area contributed by atoms with E-state index < -0.39 is 0 Å². The number of thiazole rings is 1. The number of aliphatic hydroxyl groups excluding tert-OH is 1. The Hall–Kier alpha value is -1.63. The molecule has 1 unspecified atom stereocenters. The lowest BCUT2D eigenvalue weighted by Crippen LogP contribution is -2.41. The molecule has 3 heterocycles. The first-order chi connectivity index (χ1) is 11.3. The standard InChI is InChI=1S/C17H20N2O3S/c20-9-14-3-1-2-6-19(14)8-13-10-23-17(18-13)12-4-5-15-16(7-12)22-11-21-15/h4-5,7,10,14,20H,1-3,6,8-9,11H2. The van der Waals surface area contributed by atoms with Gasteiger partial charge in [0.1, 0.15) is 5.01 Å². The molecule has 0 saturated carbocycles. The summed E-state index contributed by atoms with van der Waals surface area (Å²) in [5.41, 5.74) is 2.13. The van der Waals surface area contributed by atoms with Crippen LogP contribution in [0, 0.1) is 0 Å². The van der Waals surface area contributed by atoms with Crippen molar-refractivity contribution in [3.8, 4) is 22.1 Å². The Balaban J connectivity index is 1.50. The van der Waals surface area contributed by atoms with E-state index in [1.165, 1.54) is 12.8 Å². The zero-order valence-corrected chi connectivity index (χ0v) is 13.7. The second-order valence-corrected chi connectivity index (χ2v) is 6.87. The largest absolute Gasteiger partial charge is 0.454 e. The molecular formula is C17H20N2O3S. The highest BCUT2D eigenvalue weighted by atomic mass is 32.1. The van der Waals surface area contributed by atoms with Gasteiger partial charge in [0.25, 0.3) is 0 Å². The normalized spacial score (nSPS) is 20.8. The van der Waals surface area contributed by atoms with Crippen molar-refractivity contribution in [2.45, 2.75) is 31.8 Å². The van der Waals surface area contributed by atoms with E-state index in [1.807, 2.05) is 18.2 Å². The number of piperidine rings is 1. The summed E-state index contributed by atoms with van der Waals surface area (Å²) in [7, 11) is 0. The third-order valence-corrected chi connectivity index (χ3v) is 5.44. The number of aliphatic hydroxyl groups is 1. The molecule has 5 nitrogen and oxygen atoms in total. The van der Waals surface area contributed by atoms with Crippen molar-refractivity contribution in [1.29, 1.82) is 0 Å². The zero-order chi connectivity index (χ0) is 15.6.